The van der Waals surface area contributed by atoms with Gasteiger partial charge in [-0.15, -0.1) is 0 Å². The van der Waals surface area contributed by atoms with Crippen LogP contribution in [0.3, 0.4) is 0 Å². The summed E-state index contributed by atoms with van der Waals surface area (Å²) in [6.07, 6.45) is 0.844. The Bertz CT molecular complexity index is 1440. The largest absolute Gasteiger partial charge is 0.493 e. The van der Waals surface area contributed by atoms with Gasteiger partial charge in [0.15, 0.2) is 17.1 Å². The van der Waals surface area contributed by atoms with Gasteiger partial charge in [0.2, 0.25) is 5.75 Å². The molecule has 0 radical (unpaired) electrons. The van der Waals surface area contributed by atoms with Crippen LogP contribution in [0.15, 0.2) is 36.4 Å². The van der Waals surface area contributed by atoms with Gasteiger partial charge in [0.25, 0.3) is 5.91 Å². The Kier molecular flexibility index (Phi) is 7.47. The normalized spacial score (nSPS) is 14.1. The molecule has 3 heterocycles. The van der Waals surface area contributed by atoms with Gasteiger partial charge in [-0.05, 0) is 18.6 Å². The summed E-state index contributed by atoms with van der Waals surface area (Å²) in [5, 5.41) is 2.92. The van der Waals surface area contributed by atoms with Crippen LogP contribution in [0.2, 0.25) is 0 Å². The predicted octanol–water partition coefficient (Wildman–Crippen LogP) is 3.17. The number of amides is 1. The SMILES string of the molecule is COc1cc(NC(=O)c2c(N)n(CCCN3CCOCC3)c3nc4ccccc4nc23)cc(OC)c1OC. The fraction of sp³-hybridized carbons (Fsp3) is 0.370. The lowest BCUT2D eigenvalue weighted by atomic mass is 10.2. The monoisotopic (exact) mass is 520 g/mol. The topological polar surface area (TPSA) is 126 Å². The molecule has 1 fully saturated rings. The van der Waals surface area contributed by atoms with E-state index in [1.54, 1.807) is 12.1 Å². The minimum Gasteiger partial charge on any atom is -0.493 e. The molecule has 2 aromatic carbocycles. The van der Waals surface area contributed by atoms with Gasteiger partial charge < -0.3 is 34.6 Å². The average molecular weight is 521 g/mol. The van der Waals surface area contributed by atoms with Crippen LogP contribution in [0.25, 0.3) is 22.2 Å². The number of carbonyl (C=O) groups is 1. The van der Waals surface area contributed by atoms with Crippen LogP contribution >= 0.6 is 0 Å². The molecule has 3 N–H and O–H groups in total. The number of benzene rings is 2. The molecule has 0 atom stereocenters. The van der Waals surface area contributed by atoms with Gasteiger partial charge in [0, 0.05) is 44.0 Å². The number of nitrogens with zero attached hydrogens (tertiary/aromatic N) is 4. The van der Waals surface area contributed by atoms with Crippen LogP contribution < -0.4 is 25.3 Å². The van der Waals surface area contributed by atoms with Crippen molar-refractivity contribution in [2.45, 2.75) is 13.0 Å². The van der Waals surface area contributed by atoms with E-state index in [2.05, 4.69) is 10.2 Å². The third kappa shape index (κ3) is 4.90. The summed E-state index contributed by atoms with van der Waals surface area (Å²) < 4.78 is 23.6. The summed E-state index contributed by atoms with van der Waals surface area (Å²) in [5.41, 5.74) is 9.83. The number of para-hydroxylation sites is 2. The third-order valence-corrected chi connectivity index (χ3v) is 6.70. The minimum absolute atomic E-state index is 0.276. The Hall–Kier alpha value is -4.09. The molecule has 2 aromatic heterocycles. The second-order valence-corrected chi connectivity index (χ2v) is 8.97. The summed E-state index contributed by atoms with van der Waals surface area (Å²) in [6, 6.07) is 10.9. The fourth-order valence-electron chi connectivity index (χ4n) is 4.79. The standard InChI is InChI=1S/C27H32N6O5/c1-35-20-15-17(16-21(36-2)24(20)37-3)29-27(34)22-23-26(31-19-8-5-4-7-18(19)30-23)33(25(22)28)10-6-9-32-11-13-38-14-12-32/h4-5,7-8,15-16H,6,9-14,28H2,1-3H3,(H,29,34). The maximum absolute atomic E-state index is 13.7. The van der Waals surface area contributed by atoms with E-state index in [0.717, 1.165) is 44.8 Å². The molecule has 38 heavy (non-hydrogen) atoms. The van der Waals surface area contributed by atoms with Gasteiger partial charge in [-0.25, -0.2) is 9.97 Å². The number of hydrogen-bond donors (Lipinski definition) is 2. The quantitative estimate of drug-likeness (QED) is 0.342. The van der Waals surface area contributed by atoms with Crippen LogP contribution in [0.1, 0.15) is 16.8 Å². The molecule has 1 aliphatic heterocycles. The number of nitrogen functional groups attached to an aromatic ring is 1. The summed E-state index contributed by atoms with van der Waals surface area (Å²) in [6.45, 7) is 4.82. The van der Waals surface area contributed by atoms with Gasteiger partial charge in [-0.2, -0.15) is 0 Å². The summed E-state index contributed by atoms with van der Waals surface area (Å²) >= 11 is 0. The lowest BCUT2D eigenvalue weighted by molar-refractivity contribution is 0.0370. The van der Waals surface area contributed by atoms with Gasteiger partial charge in [0.05, 0.1) is 45.6 Å². The highest BCUT2D eigenvalue weighted by Gasteiger charge is 2.25. The third-order valence-electron chi connectivity index (χ3n) is 6.70. The first-order chi connectivity index (χ1) is 18.5. The number of morpholine rings is 1. The predicted molar refractivity (Wildman–Crippen MR) is 145 cm³/mol. The molecule has 1 saturated heterocycles. The molecule has 11 nitrogen and oxygen atoms in total. The first-order valence-corrected chi connectivity index (χ1v) is 12.5. The second kappa shape index (κ2) is 11.1. The van der Waals surface area contributed by atoms with Gasteiger partial charge in [-0.3, -0.25) is 9.69 Å². The first-order valence-electron chi connectivity index (χ1n) is 12.5. The van der Waals surface area contributed by atoms with Crippen LogP contribution in [-0.4, -0.2) is 79.5 Å². The zero-order chi connectivity index (χ0) is 26.6. The van der Waals surface area contributed by atoms with Gasteiger partial charge in [-0.1, -0.05) is 12.1 Å². The highest BCUT2D eigenvalue weighted by atomic mass is 16.5. The van der Waals surface area contributed by atoms with Crippen molar-refractivity contribution in [1.29, 1.82) is 0 Å². The van der Waals surface area contributed by atoms with Gasteiger partial charge in [0.1, 0.15) is 16.9 Å². The lowest BCUT2D eigenvalue weighted by Crippen LogP contribution is -2.37. The van der Waals surface area contributed by atoms with Crippen molar-refractivity contribution < 1.29 is 23.7 Å². The number of hydrogen-bond acceptors (Lipinski definition) is 9. The Balaban J connectivity index is 1.51. The van der Waals surface area contributed by atoms with Crippen LogP contribution in [0.4, 0.5) is 11.5 Å². The molecule has 0 bridgehead atoms. The number of anilines is 2. The first kappa shape index (κ1) is 25.6. The highest BCUT2D eigenvalue weighted by Crippen LogP contribution is 2.40. The molecule has 11 heteroatoms. The second-order valence-electron chi connectivity index (χ2n) is 8.97. The van der Waals surface area contributed by atoms with E-state index in [4.69, 9.17) is 34.6 Å². The minimum atomic E-state index is -0.404. The maximum Gasteiger partial charge on any atom is 0.261 e. The number of aryl methyl sites for hydroxylation is 1. The molecule has 1 aliphatic rings. The van der Waals surface area contributed by atoms with Crippen molar-refractivity contribution in [3.63, 3.8) is 0 Å². The average Bonchev–Trinajstić information content (AvgIpc) is 3.21. The smallest absolute Gasteiger partial charge is 0.261 e. The van der Waals surface area contributed by atoms with Crippen molar-refractivity contribution in [2.75, 3.05) is 65.2 Å². The molecule has 1 amide bonds. The number of ether oxygens (including phenoxy) is 4. The molecular weight excluding hydrogens is 488 g/mol. The number of carbonyl (C=O) groups excluding carboxylic acids is 1. The summed E-state index contributed by atoms with van der Waals surface area (Å²) in [5.74, 6) is 1.19. The van der Waals surface area contributed by atoms with E-state index >= 15 is 0 Å². The van der Waals surface area contributed by atoms with E-state index in [0.29, 0.717) is 52.0 Å². The molecule has 0 spiro atoms. The van der Waals surface area contributed by atoms with Gasteiger partial charge >= 0.3 is 0 Å². The van der Waals surface area contributed by atoms with Crippen molar-refractivity contribution in [1.82, 2.24) is 19.4 Å². The number of rotatable bonds is 9. The number of methoxy groups -OCH3 is 3. The van der Waals surface area contributed by atoms with Crippen molar-refractivity contribution in [3.05, 3.63) is 42.0 Å². The van der Waals surface area contributed by atoms with Crippen molar-refractivity contribution in [3.8, 4) is 17.2 Å². The van der Waals surface area contributed by atoms with Crippen molar-refractivity contribution in [2.24, 2.45) is 0 Å². The van der Waals surface area contributed by atoms with E-state index in [1.165, 1.54) is 21.3 Å². The van der Waals surface area contributed by atoms with Crippen LogP contribution in [0, 0.1) is 0 Å². The fourth-order valence-corrected chi connectivity index (χ4v) is 4.79. The Morgan fingerprint density at radius 3 is 2.29 bits per heavy atom. The molecular formula is C27H32N6O5. The lowest BCUT2D eigenvalue weighted by Gasteiger charge is -2.26. The van der Waals surface area contributed by atoms with E-state index in [9.17, 15) is 4.79 Å². The molecule has 4 aromatic rings. The number of nitrogens with two attached hydrogens (primary N) is 1. The maximum atomic E-state index is 13.7. The molecule has 5 rings (SSSR count). The zero-order valence-corrected chi connectivity index (χ0v) is 21.8. The Morgan fingerprint density at radius 1 is 1.00 bits per heavy atom. The molecule has 0 saturated carbocycles. The van der Waals surface area contributed by atoms with Crippen molar-refractivity contribution >= 4 is 39.6 Å². The molecule has 0 unspecified atom stereocenters. The van der Waals surface area contributed by atoms with E-state index < -0.39 is 5.91 Å². The summed E-state index contributed by atoms with van der Waals surface area (Å²) in [4.78, 5) is 25.7. The van der Waals surface area contributed by atoms with Crippen LogP contribution in [0.5, 0.6) is 17.2 Å². The molecule has 200 valence electrons. The number of aromatic nitrogens is 3. The Morgan fingerprint density at radius 2 is 1.66 bits per heavy atom. The number of nitrogens with one attached hydrogen (secondary N) is 1. The number of fused-ring (bicyclic) bond motifs is 2. The summed E-state index contributed by atoms with van der Waals surface area (Å²) in [7, 11) is 4.56. The zero-order valence-electron chi connectivity index (χ0n) is 21.8. The highest BCUT2D eigenvalue weighted by molar-refractivity contribution is 6.16. The Labute approximate surface area is 220 Å². The van der Waals surface area contributed by atoms with E-state index in [1.807, 2.05) is 28.8 Å². The van der Waals surface area contributed by atoms with E-state index in [-0.39, 0.29) is 5.56 Å². The van der Waals surface area contributed by atoms with Crippen LogP contribution in [-0.2, 0) is 11.3 Å². The molecule has 0 aliphatic carbocycles.